The molecule has 0 spiro atoms. The van der Waals surface area contributed by atoms with Gasteiger partial charge >= 0.3 is 0 Å². The number of nitrogens with one attached hydrogen (secondary N) is 2. The molecule has 0 saturated carbocycles. The Morgan fingerprint density at radius 1 is 1.65 bits per heavy atom. The quantitative estimate of drug-likeness (QED) is 0.673. The number of aromatic nitrogens is 2. The van der Waals surface area contributed by atoms with E-state index in [1.54, 1.807) is 0 Å². The number of rotatable bonds is 7. The lowest BCUT2D eigenvalue weighted by atomic mass is 10.1. The van der Waals surface area contributed by atoms with Crippen LogP contribution in [0.1, 0.15) is 18.5 Å². The fraction of sp³-hybridized carbons (Fsp3) is 0.692. The normalized spacial score (nSPS) is 18.9. The van der Waals surface area contributed by atoms with Gasteiger partial charge in [0.15, 0.2) is 0 Å². The summed E-state index contributed by atoms with van der Waals surface area (Å²) in [6, 6.07) is 0.144. The number of H-pyrrole nitrogens is 1. The number of likely N-dealkylation sites (N-methyl/N-ethyl adjacent to an activating group) is 1. The summed E-state index contributed by atoms with van der Waals surface area (Å²) < 4.78 is 0. The predicted molar refractivity (Wildman–Crippen MR) is 82.6 cm³/mol. The Kier molecular flexibility index (Phi) is 5.45. The SMILES string of the molecule is CCSC[C@H](CO)N(C)CC1CNc2c1nc[nH]c2=O. The molecule has 2 rings (SSSR count). The maximum Gasteiger partial charge on any atom is 0.274 e. The number of hydrogen-bond acceptors (Lipinski definition) is 6. The zero-order valence-electron chi connectivity index (χ0n) is 11.9. The van der Waals surface area contributed by atoms with Crippen molar-refractivity contribution in [1.29, 1.82) is 0 Å². The number of aliphatic hydroxyl groups excluding tert-OH is 1. The second-order valence-electron chi connectivity index (χ2n) is 5.01. The maximum absolute atomic E-state index is 11.7. The fourth-order valence-electron chi connectivity index (χ4n) is 2.44. The molecule has 1 aliphatic heterocycles. The zero-order valence-corrected chi connectivity index (χ0v) is 12.7. The van der Waals surface area contributed by atoms with Gasteiger partial charge in [0, 0.05) is 30.8 Å². The molecule has 0 fully saturated rings. The first-order valence-electron chi connectivity index (χ1n) is 6.87. The van der Waals surface area contributed by atoms with Crippen molar-refractivity contribution in [3.05, 3.63) is 22.4 Å². The first-order chi connectivity index (χ1) is 9.67. The lowest BCUT2D eigenvalue weighted by Crippen LogP contribution is -2.39. The molecule has 0 aliphatic carbocycles. The van der Waals surface area contributed by atoms with Crippen molar-refractivity contribution < 1.29 is 5.11 Å². The van der Waals surface area contributed by atoms with Crippen LogP contribution in [0, 0.1) is 0 Å². The molecular formula is C13H22N4O2S. The molecule has 1 aromatic heterocycles. The molecule has 112 valence electrons. The van der Waals surface area contributed by atoms with E-state index in [1.165, 1.54) is 6.33 Å². The molecule has 0 bridgehead atoms. The van der Waals surface area contributed by atoms with Gasteiger partial charge in [0.2, 0.25) is 0 Å². The number of fused-ring (bicyclic) bond motifs is 1. The van der Waals surface area contributed by atoms with E-state index in [9.17, 15) is 9.90 Å². The van der Waals surface area contributed by atoms with E-state index in [2.05, 4.69) is 27.1 Å². The van der Waals surface area contributed by atoms with E-state index in [1.807, 2.05) is 18.8 Å². The summed E-state index contributed by atoms with van der Waals surface area (Å²) in [5.74, 6) is 2.16. The van der Waals surface area contributed by atoms with Gasteiger partial charge in [-0.2, -0.15) is 11.8 Å². The number of thioether (sulfide) groups is 1. The molecule has 1 aliphatic rings. The van der Waals surface area contributed by atoms with Crippen LogP contribution in [0.25, 0.3) is 0 Å². The van der Waals surface area contributed by atoms with E-state index in [4.69, 9.17) is 0 Å². The number of nitrogens with zero attached hydrogens (tertiary/aromatic N) is 2. The van der Waals surface area contributed by atoms with E-state index in [0.717, 1.165) is 30.3 Å². The number of aliphatic hydroxyl groups is 1. The molecule has 3 N–H and O–H groups in total. The first-order valence-corrected chi connectivity index (χ1v) is 8.03. The van der Waals surface area contributed by atoms with Crippen LogP contribution in [0.3, 0.4) is 0 Å². The summed E-state index contributed by atoms with van der Waals surface area (Å²) >= 11 is 1.83. The topological polar surface area (TPSA) is 81.2 Å². The van der Waals surface area contributed by atoms with Gasteiger partial charge in [0.25, 0.3) is 5.56 Å². The minimum atomic E-state index is -0.111. The van der Waals surface area contributed by atoms with Crippen LogP contribution < -0.4 is 10.9 Å². The second kappa shape index (κ2) is 7.10. The zero-order chi connectivity index (χ0) is 14.5. The van der Waals surface area contributed by atoms with Gasteiger partial charge in [-0.1, -0.05) is 6.92 Å². The Hall–Kier alpha value is -1.05. The van der Waals surface area contributed by atoms with Gasteiger partial charge < -0.3 is 15.4 Å². The molecule has 1 unspecified atom stereocenters. The number of aromatic amines is 1. The Morgan fingerprint density at radius 2 is 2.45 bits per heavy atom. The highest BCUT2D eigenvalue weighted by atomic mass is 32.2. The summed E-state index contributed by atoms with van der Waals surface area (Å²) in [5.41, 5.74) is 1.32. The van der Waals surface area contributed by atoms with Gasteiger partial charge in [-0.05, 0) is 12.8 Å². The van der Waals surface area contributed by atoms with Gasteiger partial charge in [0.1, 0.15) is 5.69 Å². The third kappa shape index (κ3) is 3.34. The van der Waals surface area contributed by atoms with Crippen molar-refractivity contribution in [2.24, 2.45) is 0 Å². The molecular weight excluding hydrogens is 276 g/mol. The minimum Gasteiger partial charge on any atom is -0.395 e. The fourth-order valence-corrected chi connectivity index (χ4v) is 3.30. The average molecular weight is 298 g/mol. The molecule has 6 nitrogen and oxygen atoms in total. The molecule has 2 atom stereocenters. The highest BCUT2D eigenvalue weighted by molar-refractivity contribution is 7.99. The Balaban J connectivity index is 2.01. The summed E-state index contributed by atoms with van der Waals surface area (Å²) in [4.78, 5) is 20.7. The van der Waals surface area contributed by atoms with E-state index < -0.39 is 0 Å². The third-order valence-electron chi connectivity index (χ3n) is 3.65. The Bertz CT molecular complexity index is 494. The Labute approximate surface area is 123 Å². The summed E-state index contributed by atoms with van der Waals surface area (Å²) in [6.07, 6.45) is 1.46. The molecule has 20 heavy (non-hydrogen) atoms. The lowest BCUT2D eigenvalue weighted by molar-refractivity contribution is 0.157. The summed E-state index contributed by atoms with van der Waals surface area (Å²) in [6.45, 7) is 3.77. The first kappa shape index (κ1) is 15.3. The van der Waals surface area contributed by atoms with E-state index >= 15 is 0 Å². The third-order valence-corrected chi connectivity index (χ3v) is 4.68. The van der Waals surface area contributed by atoms with Crippen molar-refractivity contribution in [1.82, 2.24) is 14.9 Å². The van der Waals surface area contributed by atoms with Crippen LogP contribution in [0.5, 0.6) is 0 Å². The maximum atomic E-state index is 11.7. The van der Waals surface area contributed by atoms with Crippen LogP contribution in [-0.2, 0) is 0 Å². The van der Waals surface area contributed by atoms with Crippen LogP contribution in [-0.4, -0.2) is 64.3 Å². The highest BCUT2D eigenvalue weighted by Crippen LogP contribution is 2.26. The molecule has 1 aromatic rings. The molecule has 0 radical (unpaired) electrons. The molecule has 2 heterocycles. The molecule has 0 aromatic carbocycles. The molecule has 7 heteroatoms. The number of hydrogen-bond donors (Lipinski definition) is 3. The van der Waals surface area contributed by atoms with E-state index in [-0.39, 0.29) is 24.1 Å². The van der Waals surface area contributed by atoms with Crippen molar-refractivity contribution in [3.8, 4) is 0 Å². The van der Waals surface area contributed by atoms with Gasteiger partial charge in [-0.3, -0.25) is 9.69 Å². The van der Waals surface area contributed by atoms with Crippen molar-refractivity contribution in [2.75, 3.05) is 43.6 Å². The monoisotopic (exact) mass is 298 g/mol. The van der Waals surface area contributed by atoms with Gasteiger partial charge in [-0.15, -0.1) is 0 Å². The largest absolute Gasteiger partial charge is 0.395 e. The summed E-state index contributed by atoms with van der Waals surface area (Å²) in [5, 5.41) is 12.6. The van der Waals surface area contributed by atoms with Crippen molar-refractivity contribution in [2.45, 2.75) is 18.9 Å². The van der Waals surface area contributed by atoms with Crippen LogP contribution in [0.4, 0.5) is 5.69 Å². The second-order valence-corrected chi connectivity index (χ2v) is 6.32. The smallest absolute Gasteiger partial charge is 0.274 e. The van der Waals surface area contributed by atoms with Gasteiger partial charge in [0.05, 0.1) is 18.6 Å². The van der Waals surface area contributed by atoms with E-state index in [0.29, 0.717) is 5.69 Å². The Morgan fingerprint density at radius 3 is 3.15 bits per heavy atom. The predicted octanol–water partition coefficient (Wildman–Crippen LogP) is 0.325. The van der Waals surface area contributed by atoms with Crippen LogP contribution in [0.2, 0.25) is 0 Å². The van der Waals surface area contributed by atoms with Crippen LogP contribution >= 0.6 is 11.8 Å². The van der Waals surface area contributed by atoms with Crippen molar-refractivity contribution >= 4 is 17.4 Å². The van der Waals surface area contributed by atoms with Crippen LogP contribution in [0.15, 0.2) is 11.1 Å². The lowest BCUT2D eigenvalue weighted by Gasteiger charge is -2.28. The summed E-state index contributed by atoms with van der Waals surface area (Å²) in [7, 11) is 2.02. The molecule has 0 amide bonds. The molecule has 0 saturated heterocycles. The highest BCUT2D eigenvalue weighted by Gasteiger charge is 2.28. The minimum absolute atomic E-state index is 0.111. The van der Waals surface area contributed by atoms with Crippen molar-refractivity contribution in [3.63, 3.8) is 0 Å². The average Bonchev–Trinajstić information content (AvgIpc) is 2.84. The number of anilines is 1. The standard InChI is InChI=1S/C13H22N4O2S/c1-3-20-7-10(6-18)17(2)5-9-4-14-12-11(9)15-8-16-13(12)19/h8-10,14,18H,3-7H2,1-2H3,(H,15,16,19)/t9?,10-/m0/s1. The van der Waals surface area contributed by atoms with Gasteiger partial charge in [-0.25, -0.2) is 4.98 Å².